The smallest absolute Gasteiger partial charge is 0.324 e. The minimum atomic E-state index is -1.22. The molecule has 154 valence electrons. The zero-order valence-corrected chi connectivity index (χ0v) is 17.4. The zero-order chi connectivity index (χ0) is 19.9. The van der Waals surface area contributed by atoms with Crippen LogP contribution in [0.4, 0.5) is 0 Å². The fraction of sp³-hybridized carbons (Fsp3) is 0.739. The maximum Gasteiger partial charge on any atom is 0.324 e. The van der Waals surface area contributed by atoms with Gasteiger partial charge in [-0.3, -0.25) is 9.59 Å². The topological polar surface area (TPSA) is 61.8 Å². The van der Waals surface area contributed by atoms with E-state index in [-0.39, 0.29) is 18.8 Å². The number of hydrogen-bond acceptors (Lipinski definition) is 5. The molecule has 0 aromatic carbocycles. The number of ether oxygens (including phenoxy) is 3. The minimum Gasteiger partial charge on any atom is -0.465 e. The summed E-state index contributed by atoms with van der Waals surface area (Å²) in [6, 6.07) is 0. The van der Waals surface area contributed by atoms with Crippen molar-refractivity contribution in [2.45, 2.75) is 77.2 Å². The van der Waals surface area contributed by atoms with Gasteiger partial charge >= 0.3 is 11.9 Å². The molecule has 4 rings (SSSR count). The molecule has 1 fully saturated rings. The Morgan fingerprint density at radius 1 is 1.00 bits per heavy atom. The summed E-state index contributed by atoms with van der Waals surface area (Å²) in [5, 5.41) is 0. The molecule has 0 radical (unpaired) electrons. The van der Waals surface area contributed by atoms with Gasteiger partial charge in [0.05, 0.1) is 18.8 Å². The lowest BCUT2D eigenvalue weighted by Crippen LogP contribution is -2.43. The maximum absolute atomic E-state index is 13.0. The van der Waals surface area contributed by atoms with Crippen LogP contribution in [0.5, 0.6) is 0 Å². The Bertz CT molecular complexity index is 728. The van der Waals surface area contributed by atoms with Crippen molar-refractivity contribution in [2.75, 3.05) is 20.3 Å². The molecule has 0 unspecified atom stereocenters. The molecule has 0 N–H and O–H groups in total. The summed E-state index contributed by atoms with van der Waals surface area (Å²) in [4.78, 5) is 25.9. The van der Waals surface area contributed by atoms with E-state index in [0.717, 1.165) is 25.7 Å². The molecule has 0 bridgehead atoms. The van der Waals surface area contributed by atoms with Crippen molar-refractivity contribution in [3.05, 3.63) is 22.3 Å². The molecule has 0 spiro atoms. The van der Waals surface area contributed by atoms with Crippen molar-refractivity contribution in [3.8, 4) is 0 Å². The Morgan fingerprint density at radius 2 is 1.68 bits per heavy atom. The van der Waals surface area contributed by atoms with Crippen molar-refractivity contribution >= 4 is 11.9 Å². The van der Waals surface area contributed by atoms with Gasteiger partial charge in [0.15, 0.2) is 5.41 Å². The third-order valence-electron chi connectivity index (χ3n) is 7.43. The number of carbonyl (C=O) groups excluding carboxylic acids is 2. The van der Waals surface area contributed by atoms with Crippen LogP contribution in [-0.2, 0) is 23.8 Å². The molecule has 0 saturated heterocycles. The molecule has 5 heteroatoms. The second kappa shape index (κ2) is 7.33. The average molecular weight is 389 g/mol. The van der Waals surface area contributed by atoms with Crippen LogP contribution in [0.2, 0.25) is 0 Å². The monoisotopic (exact) mass is 388 g/mol. The second-order valence-corrected chi connectivity index (χ2v) is 8.68. The van der Waals surface area contributed by atoms with Gasteiger partial charge in [0.1, 0.15) is 0 Å². The third-order valence-corrected chi connectivity index (χ3v) is 7.43. The molecule has 2 atom stereocenters. The Hall–Kier alpha value is -1.62. The normalized spacial score (nSPS) is 30.6. The summed E-state index contributed by atoms with van der Waals surface area (Å²) in [5.74, 6) is -0.340. The third kappa shape index (κ3) is 2.69. The fourth-order valence-corrected chi connectivity index (χ4v) is 6.25. The van der Waals surface area contributed by atoms with E-state index in [1.165, 1.54) is 41.6 Å². The predicted molar refractivity (Wildman–Crippen MR) is 105 cm³/mol. The van der Waals surface area contributed by atoms with E-state index in [2.05, 4.69) is 0 Å². The van der Waals surface area contributed by atoms with Gasteiger partial charge in [0.25, 0.3) is 0 Å². The van der Waals surface area contributed by atoms with Crippen LogP contribution in [-0.4, -0.2) is 37.9 Å². The number of hydrogen-bond donors (Lipinski definition) is 0. The summed E-state index contributed by atoms with van der Waals surface area (Å²) in [5.41, 5.74) is 3.82. The summed E-state index contributed by atoms with van der Waals surface area (Å²) in [6.45, 7) is 4.09. The van der Waals surface area contributed by atoms with Gasteiger partial charge in [-0.2, -0.15) is 0 Å². The predicted octanol–water partition coefficient (Wildman–Crippen LogP) is 4.26. The van der Waals surface area contributed by atoms with Gasteiger partial charge in [0.2, 0.25) is 0 Å². The highest BCUT2D eigenvalue weighted by Crippen LogP contribution is 2.61. The number of esters is 2. The number of rotatable bonds is 5. The number of allylic oxidation sites excluding steroid dienone is 2. The summed E-state index contributed by atoms with van der Waals surface area (Å²) in [6.07, 6.45) is 8.56. The van der Waals surface area contributed by atoms with E-state index in [1.54, 1.807) is 13.8 Å². The number of fused-ring (bicyclic) bond motifs is 3. The zero-order valence-electron chi connectivity index (χ0n) is 17.4. The van der Waals surface area contributed by atoms with Gasteiger partial charge in [-0.05, 0) is 75.9 Å². The molecule has 0 aromatic heterocycles. The van der Waals surface area contributed by atoms with Gasteiger partial charge < -0.3 is 14.2 Å². The first kappa shape index (κ1) is 19.7. The quantitative estimate of drug-likeness (QED) is 0.520. The molecular weight excluding hydrogens is 356 g/mol. The van der Waals surface area contributed by atoms with Crippen LogP contribution >= 0.6 is 0 Å². The van der Waals surface area contributed by atoms with Gasteiger partial charge in [-0.15, -0.1) is 0 Å². The molecular formula is C23H32O5. The standard InChI is InChI=1S/C23H32O5/c1-4-27-20(24)22(21(25)28-5-2)13-16-10-9-15-12-17-8-6-7-11-23(17,26-3)19(15)18(16)14-22/h17H,4-14H2,1-3H3/t17-,23-/m0/s1. The summed E-state index contributed by atoms with van der Waals surface area (Å²) >= 11 is 0. The summed E-state index contributed by atoms with van der Waals surface area (Å²) in [7, 11) is 1.84. The lowest BCUT2D eigenvalue weighted by Gasteiger charge is -2.42. The van der Waals surface area contributed by atoms with Crippen LogP contribution in [0.25, 0.3) is 0 Å². The Kier molecular flexibility index (Phi) is 5.15. The Labute approximate surface area is 167 Å². The molecule has 4 aliphatic rings. The summed E-state index contributed by atoms with van der Waals surface area (Å²) < 4.78 is 17.0. The lowest BCUT2D eigenvalue weighted by molar-refractivity contribution is -0.171. The molecule has 0 amide bonds. The van der Waals surface area contributed by atoms with Crippen LogP contribution in [0.15, 0.2) is 22.3 Å². The van der Waals surface area contributed by atoms with Crippen molar-refractivity contribution in [1.82, 2.24) is 0 Å². The second-order valence-electron chi connectivity index (χ2n) is 8.68. The molecule has 1 saturated carbocycles. The maximum atomic E-state index is 13.0. The van der Waals surface area contributed by atoms with Gasteiger partial charge in [0, 0.05) is 7.11 Å². The van der Waals surface area contributed by atoms with Crippen molar-refractivity contribution in [2.24, 2.45) is 11.3 Å². The molecule has 0 aromatic rings. The van der Waals surface area contributed by atoms with Gasteiger partial charge in [-0.25, -0.2) is 0 Å². The molecule has 28 heavy (non-hydrogen) atoms. The fourth-order valence-electron chi connectivity index (χ4n) is 6.25. The lowest BCUT2D eigenvalue weighted by atomic mass is 9.71. The Balaban J connectivity index is 1.72. The van der Waals surface area contributed by atoms with E-state index in [1.807, 2.05) is 7.11 Å². The first-order chi connectivity index (χ1) is 13.5. The number of methoxy groups -OCH3 is 1. The minimum absolute atomic E-state index is 0.228. The van der Waals surface area contributed by atoms with Gasteiger partial charge in [-0.1, -0.05) is 24.0 Å². The number of carbonyl (C=O) groups is 2. The van der Waals surface area contributed by atoms with Crippen molar-refractivity contribution < 1.29 is 23.8 Å². The van der Waals surface area contributed by atoms with Crippen LogP contribution in [0.1, 0.15) is 71.6 Å². The van der Waals surface area contributed by atoms with E-state index in [4.69, 9.17) is 14.2 Å². The average Bonchev–Trinajstić information content (AvgIpc) is 3.25. The molecule has 4 aliphatic carbocycles. The molecule has 0 aliphatic heterocycles. The van der Waals surface area contributed by atoms with Crippen LogP contribution < -0.4 is 0 Å². The van der Waals surface area contributed by atoms with Crippen molar-refractivity contribution in [3.63, 3.8) is 0 Å². The van der Waals surface area contributed by atoms with E-state index < -0.39 is 17.4 Å². The highest BCUT2D eigenvalue weighted by atomic mass is 16.6. The Morgan fingerprint density at radius 3 is 2.32 bits per heavy atom. The highest BCUT2D eigenvalue weighted by molar-refractivity contribution is 6.02. The molecule has 5 nitrogen and oxygen atoms in total. The highest BCUT2D eigenvalue weighted by Gasteiger charge is 2.59. The van der Waals surface area contributed by atoms with Crippen molar-refractivity contribution in [1.29, 1.82) is 0 Å². The van der Waals surface area contributed by atoms with Crippen LogP contribution in [0, 0.1) is 11.3 Å². The first-order valence-corrected chi connectivity index (χ1v) is 10.9. The first-order valence-electron chi connectivity index (χ1n) is 10.9. The van der Waals surface area contributed by atoms with Crippen LogP contribution in [0.3, 0.4) is 0 Å². The van der Waals surface area contributed by atoms with E-state index in [9.17, 15) is 9.59 Å². The van der Waals surface area contributed by atoms with E-state index >= 15 is 0 Å². The van der Waals surface area contributed by atoms with E-state index in [0.29, 0.717) is 18.8 Å². The largest absolute Gasteiger partial charge is 0.465 e. The molecule has 0 heterocycles. The SMILES string of the molecule is CCOC(=O)C1(C(=O)OCC)CC2=C(C1)C1=C(CC2)C[C@@H]2CCCC[C@@]12OC.